The third kappa shape index (κ3) is 4.28. The Kier molecular flexibility index (Phi) is 5.99. The number of carbonyl (C=O) groups excluding carboxylic acids is 2. The number of ether oxygens (including phenoxy) is 1. The maximum Gasteiger partial charge on any atom is 0.327 e. The van der Waals surface area contributed by atoms with Crippen molar-refractivity contribution in [3.8, 4) is 0 Å². The second-order valence-corrected chi connectivity index (χ2v) is 6.49. The summed E-state index contributed by atoms with van der Waals surface area (Å²) in [4.78, 5) is 24.0. The number of rotatable bonds is 6. The standard InChI is InChI=1S/C16H22BrN5O3/c1-6-25-14(24)8-22-12(5)16(10(3)20-22)18-13(23)7-21-11(4)15(17)9(2)19-21/h6-8H2,1-5H3,(H,18,23). The molecule has 0 saturated heterocycles. The Hall–Kier alpha value is -2.16. The molecular formula is C16H22BrN5O3. The van der Waals surface area contributed by atoms with Gasteiger partial charge in [0.05, 0.1) is 39.5 Å². The lowest BCUT2D eigenvalue weighted by molar-refractivity contribution is -0.144. The second-order valence-electron chi connectivity index (χ2n) is 5.70. The normalized spacial score (nSPS) is 10.8. The number of aryl methyl sites for hydroxylation is 2. The summed E-state index contributed by atoms with van der Waals surface area (Å²) in [7, 11) is 0. The molecule has 25 heavy (non-hydrogen) atoms. The highest BCUT2D eigenvalue weighted by Gasteiger charge is 2.18. The molecular weight excluding hydrogens is 390 g/mol. The first-order valence-corrected chi connectivity index (χ1v) is 8.72. The summed E-state index contributed by atoms with van der Waals surface area (Å²) < 4.78 is 9.00. The first-order valence-electron chi connectivity index (χ1n) is 7.93. The molecule has 0 saturated carbocycles. The molecule has 0 spiro atoms. The third-order valence-corrected chi connectivity index (χ3v) is 4.96. The van der Waals surface area contributed by atoms with Gasteiger partial charge in [0.2, 0.25) is 5.91 Å². The van der Waals surface area contributed by atoms with E-state index in [0.29, 0.717) is 23.7 Å². The Bertz CT molecular complexity index is 809. The Labute approximate surface area is 154 Å². The molecule has 0 aromatic carbocycles. The molecule has 0 aliphatic rings. The van der Waals surface area contributed by atoms with Crippen LogP contribution in [-0.4, -0.2) is 38.0 Å². The van der Waals surface area contributed by atoms with E-state index in [0.717, 1.165) is 15.9 Å². The van der Waals surface area contributed by atoms with Crippen LogP contribution in [0.5, 0.6) is 0 Å². The zero-order valence-corrected chi connectivity index (χ0v) is 16.6. The number of carbonyl (C=O) groups is 2. The summed E-state index contributed by atoms with van der Waals surface area (Å²) in [6.45, 7) is 9.53. The van der Waals surface area contributed by atoms with Gasteiger partial charge in [0.1, 0.15) is 13.1 Å². The summed E-state index contributed by atoms with van der Waals surface area (Å²) >= 11 is 3.45. The van der Waals surface area contributed by atoms with Crippen LogP contribution in [0.3, 0.4) is 0 Å². The van der Waals surface area contributed by atoms with Crippen molar-refractivity contribution < 1.29 is 14.3 Å². The first kappa shape index (κ1) is 19.2. The van der Waals surface area contributed by atoms with Crippen LogP contribution >= 0.6 is 15.9 Å². The second kappa shape index (κ2) is 7.81. The zero-order chi connectivity index (χ0) is 18.7. The van der Waals surface area contributed by atoms with Crippen molar-refractivity contribution in [2.75, 3.05) is 11.9 Å². The monoisotopic (exact) mass is 411 g/mol. The molecule has 2 heterocycles. The minimum absolute atomic E-state index is 0.0147. The fraction of sp³-hybridized carbons (Fsp3) is 0.500. The number of nitrogens with one attached hydrogen (secondary N) is 1. The van der Waals surface area contributed by atoms with Crippen molar-refractivity contribution in [3.05, 3.63) is 27.2 Å². The minimum atomic E-state index is -0.363. The van der Waals surface area contributed by atoms with E-state index in [9.17, 15) is 9.59 Å². The summed E-state index contributed by atoms with van der Waals surface area (Å²) in [6, 6.07) is 0. The van der Waals surface area contributed by atoms with Gasteiger partial charge < -0.3 is 10.1 Å². The molecule has 136 valence electrons. The molecule has 9 heteroatoms. The Balaban J connectivity index is 2.11. The summed E-state index contributed by atoms with van der Waals surface area (Å²) in [6.07, 6.45) is 0. The topological polar surface area (TPSA) is 91.0 Å². The maximum atomic E-state index is 12.4. The fourth-order valence-corrected chi connectivity index (χ4v) is 2.79. The number of amides is 1. The highest BCUT2D eigenvalue weighted by molar-refractivity contribution is 9.10. The average molecular weight is 412 g/mol. The smallest absolute Gasteiger partial charge is 0.327 e. The van der Waals surface area contributed by atoms with E-state index >= 15 is 0 Å². The number of anilines is 1. The number of esters is 1. The van der Waals surface area contributed by atoms with Gasteiger partial charge in [-0.05, 0) is 50.5 Å². The van der Waals surface area contributed by atoms with Gasteiger partial charge in [-0.15, -0.1) is 0 Å². The Morgan fingerprint density at radius 1 is 1.04 bits per heavy atom. The predicted molar refractivity (Wildman–Crippen MR) is 96.4 cm³/mol. The van der Waals surface area contributed by atoms with Crippen LogP contribution in [0.25, 0.3) is 0 Å². The molecule has 0 aliphatic heterocycles. The van der Waals surface area contributed by atoms with Gasteiger partial charge >= 0.3 is 5.97 Å². The predicted octanol–water partition coefficient (Wildman–Crippen LogP) is 2.28. The summed E-state index contributed by atoms with van der Waals surface area (Å²) in [5.74, 6) is -0.571. The van der Waals surface area contributed by atoms with Crippen LogP contribution in [-0.2, 0) is 27.4 Å². The Morgan fingerprint density at radius 2 is 1.64 bits per heavy atom. The molecule has 0 atom stereocenters. The lowest BCUT2D eigenvalue weighted by atomic mass is 10.3. The van der Waals surface area contributed by atoms with Crippen molar-refractivity contribution in [1.82, 2.24) is 19.6 Å². The van der Waals surface area contributed by atoms with E-state index in [1.807, 2.05) is 13.8 Å². The van der Waals surface area contributed by atoms with Crippen molar-refractivity contribution in [1.29, 1.82) is 0 Å². The molecule has 1 amide bonds. The molecule has 0 radical (unpaired) electrons. The van der Waals surface area contributed by atoms with Crippen LogP contribution in [0.4, 0.5) is 5.69 Å². The van der Waals surface area contributed by atoms with Gasteiger partial charge in [-0.25, -0.2) is 0 Å². The Morgan fingerprint density at radius 3 is 2.20 bits per heavy atom. The van der Waals surface area contributed by atoms with Crippen LogP contribution in [0.2, 0.25) is 0 Å². The van der Waals surface area contributed by atoms with Crippen molar-refractivity contribution in [2.45, 2.75) is 47.7 Å². The average Bonchev–Trinajstić information content (AvgIpc) is 2.93. The fourth-order valence-electron chi connectivity index (χ4n) is 2.50. The lowest BCUT2D eigenvalue weighted by Crippen LogP contribution is -2.21. The highest BCUT2D eigenvalue weighted by Crippen LogP contribution is 2.21. The SMILES string of the molecule is CCOC(=O)Cn1nc(C)c(NC(=O)Cn2nc(C)c(Br)c2C)c1C. The van der Waals surface area contributed by atoms with Gasteiger partial charge in [-0.2, -0.15) is 10.2 Å². The molecule has 8 nitrogen and oxygen atoms in total. The largest absolute Gasteiger partial charge is 0.465 e. The quantitative estimate of drug-likeness (QED) is 0.736. The van der Waals surface area contributed by atoms with Crippen molar-refractivity contribution in [2.24, 2.45) is 0 Å². The van der Waals surface area contributed by atoms with Crippen LogP contribution in [0.1, 0.15) is 29.7 Å². The molecule has 2 rings (SSSR count). The molecule has 0 bridgehead atoms. The molecule has 1 N–H and O–H groups in total. The van der Waals surface area contributed by atoms with Crippen LogP contribution in [0.15, 0.2) is 4.47 Å². The van der Waals surface area contributed by atoms with Gasteiger partial charge in [0.15, 0.2) is 0 Å². The number of halogens is 1. The van der Waals surface area contributed by atoms with E-state index in [4.69, 9.17) is 4.74 Å². The van der Waals surface area contributed by atoms with Gasteiger partial charge in [-0.1, -0.05) is 0 Å². The number of hydrogen-bond donors (Lipinski definition) is 1. The van der Waals surface area contributed by atoms with E-state index in [2.05, 4.69) is 31.4 Å². The van der Waals surface area contributed by atoms with Crippen molar-refractivity contribution >= 4 is 33.5 Å². The molecule has 0 fully saturated rings. The maximum absolute atomic E-state index is 12.4. The van der Waals surface area contributed by atoms with Crippen molar-refractivity contribution in [3.63, 3.8) is 0 Å². The van der Waals surface area contributed by atoms with E-state index < -0.39 is 0 Å². The summed E-state index contributed by atoms with van der Waals surface area (Å²) in [5, 5.41) is 11.5. The zero-order valence-electron chi connectivity index (χ0n) is 15.0. The van der Waals surface area contributed by atoms with Gasteiger partial charge in [0.25, 0.3) is 0 Å². The van der Waals surface area contributed by atoms with Crippen LogP contribution < -0.4 is 5.32 Å². The minimum Gasteiger partial charge on any atom is -0.465 e. The first-order chi connectivity index (χ1) is 11.7. The molecule has 2 aromatic rings. The summed E-state index contributed by atoms with van der Waals surface area (Å²) in [5.41, 5.74) is 3.67. The highest BCUT2D eigenvalue weighted by atomic mass is 79.9. The molecule has 0 unspecified atom stereocenters. The van der Waals surface area contributed by atoms with Gasteiger partial charge in [-0.3, -0.25) is 19.0 Å². The van der Waals surface area contributed by atoms with E-state index in [-0.39, 0.29) is 25.0 Å². The van der Waals surface area contributed by atoms with E-state index in [1.54, 1.807) is 25.5 Å². The molecule has 0 aliphatic carbocycles. The lowest BCUT2D eigenvalue weighted by Gasteiger charge is -2.08. The van der Waals surface area contributed by atoms with Gasteiger partial charge in [0, 0.05) is 0 Å². The number of nitrogens with zero attached hydrogens (tertiary/aromatic N) is 4. The number of hydrogen-bond acceptors (Lipinski definition) is 5. The third-order valence-electron chi connectivity index (χ3n) is 3.82. The molecule has 2 aromatic heterocycles. The van der Waals surface area contributed by atoms with E-state index in [1.165, 1.54) is 4.68 Å². The van der Waals surface area contributed by atoms with Crippen LogP contribution in [0, 0.1) is 27.7 Å². The number of aromatic nitrogens is 4.